The predicted octanol–water partition coefficient (Wildman–Crippen LogP) is 0.901. The van der Waals surface area contributed by atoms with Gasteiger partial charge < -0.3 is 5.73 Å². The summed E-state index contributed by atoms with van der Waals surface area (Å²) in [6, 6.07) is 0. The fourth-order valence-electron chi connectivity index (χ4n) is 1.29. The smallest absolute Gasteiger partial charge is 0.192 e. The maximum atomic E-state index is 5.79. The van der Waals surface area contributed by atoms with Gasteiger partial charge in [-0.3, -0.25) is 0 Å². The third-order valence-electron chi connectivity index (χ3n) is 2.15. The molecule has 0 unspecified atom stereocenters. The molecule has 0 fully saturated rings. The van der Waals surface area contributed by atoms with E-state index in [0.29, 0.717) is 5.82 Å². The third kappa shape index (κ3) is 1.99. The van der Waals surface area contributed by atoms with Gasteiger partial charge in [0.05, 0.1) is 0 Å². The number of nitrogens with two attached hydrogens (primary N) is 1. The van der Waals surface area contributed by atoms with E-state index in [1.165, 1.54) is 24.4 Å². The summed E-state index contributed by atoms with van der Waals surface area (Å²) in [6.45, 7) is 2.02. The van der Waals surface area contributed by atoms with E-state index >= 15 is 0 Å². The molecule has 16 heavy (non-hydrogen) atoms. The zero-order chi connectivity index (χ0) is 11.5. The normalized spacial score (nSPS) is 10.6. The van der Waals surface area contributed by atoms with Crippen LogP contribution in [0.4, 0.5) is 5.82 Å². The number of rotatable bonds is 3. The molecule has 2 N–H and O–H groups in total. The second-order valence-electron chi connectivity index (χ2n) is 3.16. The number of anilines is 1. The molecular weight excluding hydrogens is 224 g/mol. The minimum atomic E-state index is 0.530. The molecule has 0 atom stereocenters. The van der Waals surface area contributed by atoms with Crippen molar-refractivity contribution in [3.63, 3.8) is 0 Å². The van der Waals surface area contributed by atoms with E-state index in [4.69, 9.17) is 5.73 Å². The molecular formula is C9H12N6S. The van der Waals surface area contributed by atoms with E-state index in [0.717, 1.165) is 22.2 Å². The number of hydrogen-bond donors (Lipinski definition) is 1. The van der Waals surface area contributed by atoms with E-state index in [2.05, 4.69) is 20.1 Å². The first-order chi connectivity index (χ1) is 7.72. The van der Waals surface area contributed by atoms with Crippen molar-refractivity contribution >= 4 is 17.6 Å². The molecule has 0 bridgehead atoms. The van der Waals surface area contributed by atoms with Crippen LogP contribution in [0.5, 0.6) is 0 Å². The summed E-state index contributed by atoms with van der Waals surface area (Å²) in [7, 11) is 1.84. The summed E-state index contributed by atoms with van der Waals surface area (Å²) in [5.41, 5.74) is 6.75. The molecule has 0 aliphatic carbocycles. The quantitative estimate of drug-likeness (QED) is 0.797. The van der Waals surface area contributed by atoms with Crippen molar-refractivity contribution in [2.24, 2.45) is 7.05 Å². The Bertz CT molecular complexity index is 494. The summed E-state index contributed by atoms with van der Waals surface area (Å²) in [6.07, 6.45) is 3.78. The molecule has 84 valence electrons. The van der Waals surface area contributed by atoms with Crippen molar-refractivity contribution < 1.29 is 0 Å². The van der Waals surface area contributed by atoms with Crippen LogP contribution in [-0.2, 0) is 13.5 Å². The molecule has 0 aliphatic heterocycles. The molecule has 2 aromatic rings. The summed E-state index contributed by atoms with van der Waals surface area (Å²) in [5, 5.41) is 5.62. The van der Waals surface area contributed by atoms with Crippen molar-refractivity contribution in [2.45, 2.75) is 23.5 Å². The number of nitrogen functional groups attached to an aromatic ring is 1. The lowest BCUT2D eigenvalue weighted by Crippen LogP contribution is -2.01. The lowest BCUT2D eigenvalue weighted by molar-refractivity contribution is 0.684. The number of aryl methyl sites for hydroxylation is 1. The Kier molecular flexibility index (Phi) is 3.04. The average Bonchev–Trinajstić information content (AvgIpc) is 2.65. The van der Waals surface area contributed by atoms with E-state index in [9.17, 15) is 0 Å². The van der Waals surface area contributed by atoms with E-state index < -0.39 is 0 Å². The maximum Gasteiger partial charge on any atom is 0.192 e. The largest absolute Gasteiger partial charge is 0.383 e. The molecule has 2 rings (SSSR count). The van der Waals surface area contributed by atoms with Crippen LogP contribution in [0.3, 0.4) is 0 Å². The zero-order valence-electron chi connectivity index (χ0n) is 9.08. The first-order valence-corrected chi connectivity index (χ1v) is 5.65. The highest BCUT2D eigenvalue weighted by molar-refractivity contribution is 7.99. The Morgan fingerprint density at radius 1 is 1.31 bits per heavy atom. The number of hydrogen-bond acceptors (Lipinski definition) is 6. The van der Waals surface area contributed by atoms with Gasteiger partial charge in [0, 0.05) is 12.6 Å². The zero-order valence-corrected chi connectivity index (χ0v) is 9.90. The fourth-order valence-corrected chi connectivity index (χ4v) is 2.22. The van der Waals surface area contributed by atoms with Crippen LogP contribution in [-0.4, -0.2) is 24.7 Å². The van der Waals surface area contributed by atoms with Gasteiger partial charge in [-0.05, 0) is 18.2 Å². The molecule has 0 saturated heterocycles. The summed E-state index contributed by atoms with van der Waals surface area (Å²) >= 11 is 1.44. The Hall–Kier alpha value is -1.63. The first-order valence-electron chi connectivity index (χ1n) is 4.83. The van der Waals surface area contributed by atoms with Gasteiger partial charge in [-0.25, -0.2) is 19.6 Å². The highest BCUT2D eigenvalue weighted by atomic mass is 32.2. The molecule has 6 nitrogen and oxygen atoms in total. The molecule has 0 aromatic carbocycles. The van der Waals surface area contributed by atoms with Gasteiger partial charge in [0.15, 0.2) is 5.16 Å². The Morgan fingerprint density at radius 3 is 2.75 bits per heavy atom. The molecule has 2 aromatic heterocycles. The Balaban J connectivity index is 2.35. The summed E-state index contributed by atoms with van der Waals surface area (Å²) in [5.74, 6) is 0.530. The Labute approximate surface area is 97.3 Å². The Morgan fingerprint density at radius 2 is 2.12 bits per heavy atom. The van der Waals surface area contributed by atoms with Gasteiger partial charge in [0.2, 0.25) is 0 Å². The SMILES string of the molecule is CCc1c(N)ncnc1Sc1ncnn1C. The van der Waals surface area contributed by atoms with E-state index in [-0.39, 0.29) is 0 Å². The van der Waals surface area contributed by atoms with Crippen molar-refractivity contribution in [3.8, 4) is 0 Å². The summed E-state index contributed by atoms with van der Waals surface area (Å²) in [4.78, 5) is 12.3. The number of aromatic nitrogens is 5. The molecule has 0 amide bonds. The van der Waals surface area contributed by atoms with Gasteiger partial charge in [-0.2, -0.15) is 5.10 Å². The predicted molar refractivity (Wildman–Crippen MR) is 60.9 cm³/mol. The third-order valence-corrected chi connectivity index (χ3v) is 3.25. The lowest BCUT2D eigenvalue weighted by Gasteiger charge is -2.06. The van der Waals surface area contributed by atoms with E-state index in [1.54, 1.807) is 4.68 Å². The van der Waals surface area contributed by atoms with E-state index in [1.807, 2.05) is 14.0 Å². The van der Waals surface area contributed by atoms with Crippen LogP contribution in [0.1, 0.15) is 12.5 Å². The van der Waals surface area contributed by atoms with Gasteiger partial charge in [0.1, 0.15) is 23.5 Å². The molecule has 0 saturated carbocycles. The minimum Gasteiger partial charge on any atom is -0.383 e. The summed E-state index contributed by atoms with van der Waals surface area (Å²) < 4.78 is 1.70. The van der Waals surface area contributed by atoms with Gasteiger partial charge in [-0.1, -0.05) is 6.92 Å². The van der Waals surface area contributed by atoms with Crippen LogP contribution >= 0.6 is 11.8 Å². The molecule has 0 spiro atoms. The van der Waals surface area contributed by atoms with Crippen molar-refractivity contribution in [1.29, 1.82) is 0 Å². The van der Waals surface area contributed by atoms with Crippen LogP contribution in [0, 0.1) is 0 Å². The first kappa shape index (κ1) is 10.9. The minimum absolute atomic E-state index is 0.530. The van der Waals surface area contributed by atoms with Crippen LogP contribution in [0.15, 0.2) is 22.8 Å². The second-order valence-corrected chi connectivity index (χ2v) is 4.12. The molecule has 7 heteroatoms. The van der Waals surface area contributed by atoms with Crippen molar-refractivity contribution in [3.05, 3.63) is 18.2 Å². The maximum absolute atomic E-state index is 5.79. The van der Waals surface area contributed by atoms with Crippen LogP contribution < -0.4 is 5.73 Å². The highest BCUT2D eigenvalue weighted by Gasteiger charge is 2.11. The lowest BCUT2D eigenvalue weighted by atomic mass is 10.2. The van der Waals surface area contributed by atoms with Crippen LogP contribution in [0.25, 0.3) is 0 Å². The van der Waals surface area contributed by atoms with Gasteiger partial charge in [-0.15, -0.1) is 0 Å². The highest BCUT2D eigenvalue weighted by Crippen LogP contribution is 2.28. The topological polar surface area (TPSA) is 82.5 Å². The standard InChI is InChI=1S/C9H12N6S/c1-3-6-7(10)11-4-12-8(6)16-9-13-5-14-15(9)2/h4-5H,3H2,1-2H3,(H2,10,11,12). The number of nitrogens with zero attached hydrogens (tertiary/aromatic N) is 5. The van der Waals surface area contributed by atoms with Crippen LogP contribution in [0.2, 0.25) is 0 Å². The average molecular weight is 236 g/mol. The molecule has 0 aliphatic rings. The molecule has 0 radical (unpaired) electrons. The van der Waals surface area contributed by atoms with Gasteiger partial charge >= 0.3 is 0 Å². The van der Waals surface area contributed by atoms with Gasteiger partial charge in [0.25, 0.3) is 0 Å². The fraction of sp³-hybridized carbons (Fsp3) is 0.333. The van der Waals surface area contributed by atoms with Crippen molar-refractivity contribution in [1.82, 2.24) is 24.7 Å². The van der Waals surface area contributed by atoms with Crippen molar-refractivity contribution in [2.75, 3.05) is 5.73 Å². The monoisotopic (exact) mass is 236 g/mol. The second kappa shape index (κ2) is 4.48. The molecule has 2 heterocycles.